The molecule has 0 aliphatic heterocycles. The molecule has 2 amide bonds. The molecule has 0 rings (SSSR count). The van der Waals surface area contributed by atoms with Gasteiger partial charge in [-0.1, -0.05) is 77.0 Å². The Kier molecular flexibility index (Phi) is 26.5. The van der Waals surface area contributed by atoms with Crippen molar-refractivity contribution in [3.8, 4) is 0 Å². The summed E-state index contributed by atoms with van der Waals surface area (Å²) >= 11 is 0. The molecule has 0 aromatic heterocycles. The molecule has 0 heterocycles. The number of carboxylic acid groups (broad SMARTS) is 1. The van der Waals surface area contributed by atoms with Crippen LogP contribution in [0.5, 0.6) is 0 Å². The molecule has 12 nitrogen and oxygen atoms in total. The van der Waals surface area contributed by atoms with Crippen molar-refractivity contribution < 1.29 is 48.0 Å². The first-order chi connectivity index (χ1) is 23.1. The Labute approximate surface area is 295 Å². The molecule has 1 unspecified atom stereocenters. The van der Waals surface area contributed by atoms with Crippen molar-refractivity contribution in [2.24, 2.45) is 0 Å². The fourth-order valence-corrected chi connectivity index (χ4v) is 4.93. The number of rotatable bonds is 30. The lowest BCUT2D eigenvalue weighted by molar-refractivity contribution is -0.159. The number of unbranched alkanes of at least 4 members (excludes halogenated alkanes) is 13. The molecule has 0 aliphatic rings. The van der Waals surface area contributed by atoms with Crippen LogP contribution in [0.25, 0.3) is 0 Å². The van der Waals surface area contributed by atoms with E-state index >= 15 is 0 Å². The summed E-state index contributed by atoms with van der Waals surface area (Å²) in [6.45, 7) is 11.6. The van der Waals surface area contributed by atoms with Crippen molar-refractivity contribution in [2.75, 3.05) is 33.0 Å². The van der Waals surface area contributed by atoms with Gasteiger partial charge in [0.2, 0.25) is 11.8 Å². The second-order valence-electron chi connectivity index (χ2n) is 14.6. The fraction of sp³-hybridized carbons (Fsp3) is 0.865. The molecule has 3 N–H and O–H groups in total. The van der Waals surface area contributed by atoms with E-state index in [1.54, 1.807) is 20.8 Å². The topological polar surface area (TPSA) is 167 Å². The smallest absolute Gasteiger partial charge is 0.329 e. The average Bonchev–Trinajstić information content (AvgIpc) is 2.98. The SMILES string of the molecule is CC(C)(C)OC(=O)CCCCCCCCCCCCCCCCC(=O)NCCOCCOCC(=O)NC(CCC(=O)O)C(=O)OC(C)(C)C. The molecule has 0 fully saturated rings. The van der Waals surface area contributed by atoms with E-state index in [2.05, 4.69) is 10.6 Å². The summed E-state index contributed by atoms with van der Waals surface area (Å²) in [4.78, 5) is 59.1. The summed E-state index contributed by atoms with van der Waals surface area (Å²) in [7, 11) is 0. The van der Waals surface area contributed by atoms with Crippen LogP contribution in [0, 0.1) is 0 Å². The Morgan fingerprint density at radius 3 is 1.53 bits per heavy atom. The number of nitrogens with one attached hydrogen (secondary N) is 2. The lowest BCUT2D eigenvalue weighted by Gasteiger charge is -2.24. The molecule has 1 atom stereocenters. The lowest BCUT2D eigenvalue weighted by atomic mass is 10.0. The molecule has 0 spiro atoms. The third-order valence-corrected chi connectivity index (χ3v) is 7.30. The maximum atomic E-state index is 12.3. The molecular formula is C37H68N2O10. The van der Waals surface area contributed by atoms with Crippen LogP contribution < -0.4 is 10.6 Å². The predicted octanol–water partition coefficient (Wildman–Crippen LogP) is 6.41. The van der Waals surface area contributed by atoms with Crippen LogP contribution in [-0.4, -0.2) is 85.0 Å². The van der Waals surface area contributed by atoms with Gasteiger partial charge < -0.3 is 34.7 Å². The molecule has 12 heteroatoms. The van der Waals surface area contributed by atoms with Crippen molar-refractivity contribution in [1.29, 1.82) is 0 Å². The third-order valence-electron chi connectivity index (χ3n) is 7.30. The van der Waals surface area contributed by atoms with Crippen molar-refractivity contribution >= 4 is 29.7 Å². The van der Waals surface area contributed by atoms with Crippen LogP contribution in [0.15, 0.2) is 0 Å². The minimum absolute atomic E-state index is 0.0157. The Morgan fingerprint density at radius 2 is 1.04 bits per heavy atom. The highest BCUT2D eigenvalue weighted by Gasteiger charge is 2.27. The van der Waals surface area contributed by atoms with E-state index in [4.69, 9.17) is 24.1 Å². The van der Waals surface area contributed by atoms with E-state index in [-0.39, 0.29) is 44.5 Å². The van der Waals surface area contributed by atoms with Crippen molar-refractivity contribution in [2.45, 2.75) is 174 Å². The summed E-state index contributed by atoms with van der Waals surface area (Å²) in [6, 6.07) is -1.08. The Balaban J connectivity index is 3.60. The molecule has 0 bridgehead atoms. The molecule has 0 radical (unpaired) electrons. The maximum Gasteiger partial charge on any atom is 0.329 e. The number of hydrogen-bond donors (Lipinski definition) is 3. The van der Waals surface area contributed by atoms with Gasteiger partial charge in [-0.3, -0.25) is 19.2 Å². The van der Waals surface area contributed by atoms with E-state index < -0.39 is 35.1 Å². The summed E-state index contributed by atoms with van der Waals surface area (Å²) in [5, 5.41) is 14.2. The Hall–Kier alpha value is -2.73. The summed E-state index contributed by atoms with van der Waals surface area (Å²) in [6.07, 6.45) is 17.1. The van der Waals surface area contributed by atoms with Crippen LogP contribution in [0.4, 0.5) is 0 Å². The molecular weight excluding hydrogens is 632 g/mol. The highest BCUT2D eigenvalue weighted by molar-refractivity contribution is 5.85. The van der Waals surface area contributed by atoms with Gasteiger partial charge in [-0.15, -0.1) is 0 Å². The van der Waals surface area contributed by atoms with E-state index in [1.807, 2.05) is 20.8 Å². The highest BCUT2D eigenvalue weighted by atomic mass is 16.6. The number of hydrogen-bond acceptors (Lipinski definition) is 9. The minimum Gasteiger partial charge on any atom is -0.481 e. The number of amides is 2. The molecule has 0 aromatic carbocycles. The fourth-order valence-electron chi connectivity index (χ4n) is 4.93. The summed E-state index contributed by atoms with van der Waals surface area (Å²) in [5.41, 5.74) is -1.16. The molecule has 0 aromatic rings. The van der Waals surface area contributed by atoms with Gasteiger partial charge in [-0.25, -0.2) is 4.79 Å². The summed E-state index contributed by atoms with van der Waals surface area (Å²) < 4.78 is 21.3. The van der Waals surface area contributed by atoms with Gasteiger partial charge >= 0.3 is 17.9 Å². The zero-order valence-electron chi connectivity index (χ0n) is 31.5. The van der Waals surface area contributed by atoms with Crippen LogP contribution in [-0.2, 0) is 42.9 Å². The number of carbonyl (C=O) groups excluding carboxylic acids is 4. The van der Waals surface area contributed by atoms with Gasteiger partial charge in [0, 0.05) is 25.8 Å². The van der Waals surface area contributed by atoms with Gasteiger partial charge in [-0.05, 0) is 60.8 Å². The highest BCUT2D eigenvalue weighted by Crippen LogP contribution is 2.15. The van der Waals surface area contributed by atoms with Crippen molar-refractivity contribution in [3.05, 3.63) is 0 Å². The van der Waals surface area contributed by atoms with Gasteiger partial charge in [0.05, 0.1) is 19.8 Å². The van der Waals surface area contributed by atoms with Crippen molar-refractivity contribution in [3.63, 3.8) is 0 Å². The van der Waals surface area contributed by atoms with E-state index in [0.29, 0.717) is 26.0 Å². The molecule has 0 saturated carbocycles. The van der Waals surface area contributed by atoms with E-state index in [1.165, 1.54) is 57.8 Å². The summed E-state index contributed by atoms with van der Waals surface area (Å²) in [5.74, 6) is -2.41. The minimum atomic E-state index is -1.08. The first-order valence-corrected chi connectivity index (χ1v) is 18.5. The third kappa shape index (κ3) is 33.5. The lowest BCUT2D eigenvalue weighted by Crippen LogP contribution is -2.45. The zero-order chi connectivity index (χ0) is 37.0. The van der Waals surface area contributed by atoms with Crippen LogP contribution in [0.3, 0.4) is 0 Å². The number of carboxylic acids is 1. The van der Waals surface area contributed by atoms with Crippen LogP contribution >= 0.6 is 0 Å². The van der Waals surface area contributed by atoms with Gasteiger partial charge in [0.25, 0.3) is 0 Å². The average molecular weight is 701 g/mol. The quantitative estimate of drug-likeness (QED) is 0.0563. The van der Waals surface area contributed by atoms with Gasteiger partial charge in [0.15, 0.2) is 0 Å². The van der Waals surface area contributed by atoms with E-state index in [0.717, 1.165) is 32.1 Å². The predicted molar refractivity (Wildman–Crippen MR) is 189 cm³/mol. The van der Waals surface area contributed by atoms with Crippen LogP contribution in [0.1, 0.15) is 157 Å². The second-order valence-corrected chi connectivity index (χ2v) is 14.6. The molecule has 49 heavy (non-hydrogen) atoms. The second kappa shape index (κ2) is 28.0. The van der Waals surface area contributed by atoms with E-state index in [9.17, 15) is 24.0 Å². The van der Waals surface area contributed by atoms with Crippen molar-refractivity contribution in [1.82, 2.24) is 10.6 Å². The number of carbonyl (C=O) groups is 5. The molecule has 0 saturated heterocycles. The largest absolute Gasteiger partial charge is 0.481 e. The molecule has 286 valence electrons. The first kappa shape index (κ1) is 46.3. The van der Waals surface area contributed by atoms with Crippen LogP contribution in [0.2, 0.25) is 0 Å². The van der Waals surface area contributed by atoms with Gasteiger partial charge in [0.1, 0.15) is 23.9 Å². The molecule has 0 aliphatic carbocycles. The number of esters is 2. The first-order valence-electron chi connectivity index (χ1n) is 18.5. The van der Waals surface area contributed by atoms with Gasteiger partial charge in [-0.2, -0.15) is 0 Å². The standard InChI is InChI=1S/C37H68N2O10/c1-36(2,3)48-34(44)22-20-18-16-14-12-10-8-7-9-11-13-15-17-19-21-31(40)38-25-26-46-27-28-47-29-32(41)39-30(23-24-33(42)43)35(45)49-37(4,5)6/h30H,7-29H2,1-6H3,(H,38,40)(H,39,41)(H,42,43). The number of aliphatic carboxylic acids is 1. The number of ether oxygens (including phenoxy) is 4. The zero-order valence-corrected chi connectivity index (χ0v) is 31.5. The Bertz CT molecular complexity index is 927. The monoisotopic (exact) mass is 700 g/mol. The normalized spacial score (nSPS) is 12.3. The Morgan fingerprint density at radius 1 is 0.571 bits per heavy atom. The maximum absolute atomic E-state index is 12.3.